The van der Waals surface area contributed by atoms with Crippen molar-refractivity contribution in [2.75, 3.05) is 6.61 Å². The second-order valence-corrected chi connectivity index (χ2v) is 9.51. The quantitative estimate of drug-likeness (QED) is 0.271. The fraction of sp³-hybridized carbons (Fsp3) is 0.407. The zero-order chi connectivity index (χ0) is 27.3. The molecule has 2 heterocycles. The van der Waals surface area contributed by atoms with Crippen LogP contribution in [0.25, 0.3) is 28.2 Å². The number of rotatable bonds is 11. The fourth-order valence-electron chi connectivity index (χ4n) is 4.05. The van der Waals surface area contributed by atoms with Gasteiger partial charge in [-0.15, -0.1) is 0 Å². The average Bonchev–Trinajstić information content (AvgIpc) is 3.27. The highest BCUT2D eigenvalue weighted by Gasteiger charge is 2.21. The lowest BCUT2D eigenvalue weighted by Gasteiger charge is -2.17. The Kier molecular flexibility index (Phi) is 9.50. The van der Waals surface area contributed by atoms with Crippen LogP contribution >= 0.6 is 11.6 Å². The third-order valence-electron chi connectivity index (χ3n) is 5.73. The maximum atomic E-state index is 12.9. The van der Waals surface area contributed by atoms with Gasteiger partial charge in [-0.25, -0.2) is 18.7 Å². The highest BCUT2D eigenvalue weighted by molar-refractivity contribution is 6.33. The minimum Gasteiger partial charge on any atom is -0.491 e. The summed E-state index contributed by atoms with van der Waals surface area (Å²) in [6.07, 6.45) is 1.35. The first kappa shape index (κ1) is 28.4. The Bertz CT molecular complexity index is 1300. The fourth-order valence-corrected chi connectivity index (χ4v) is 4.25. The summed E-state index contributed by atoms with van der Waals surface area (Å²) in [7, 11) is 0. The molecule has 0 spiro atoms. The van der Waals surface area contributed by atoms with E-state index in [2.05, 4.69) is 5.10 Å². The molecule has 2 aromatic heterocycles. The van der Waals surface area contributed by atoms with Crippen LogP contribution in [0.1, 0.15) is 51.8 Å². The van der Waals surface area contributed by atoms with E-state index in [4.69, 9.17) is 31.7 Å². The van der Waals surface area contributed by atoms with Gasteiger partial charge in [0.15, 0.2) is 5.82 Å². The maximum Gasteiger partial charge on any atom is 0.257 e. The molecule has 1 atom stereocenters. The molecule has 198 valence electrons. The van der Waals surface area contributed by atoms with Gasteiger partial charge in [0.25, 0.3) is 6.43 Å². The molecule has 7 nitrogen and oxygen atoms in total. The summed E-state index contributed by atoms with van der Waals surface area (Å²) >= 11 is 6.56. The van der Waals surface area contributed by atoms with Crippen LogP contribution in [0.3, 0.4) is 0 Å². The van der Waals surface area contributed by atoms with Crippen molar-refractivity contribution >= 4 is 22.9 Å². The Morgan fingerprint density at radius 2 is 1.95 bits per heavy atom. The molecule has 0 saturated carbocycles. The smallest absolute Gasteiger partial charge is 0.257 e. The van der Waals surface area contributed by atoms with E-state index in [9.17, 15) is 13.9 Å². The lowest BCUT2D eigenvalue weighted by atomic mass is 9.96. The minimum absolute atomic E-state index is 0.137. The van der Waals surface area contributed by atoms with Gasteiger partial charge in [-0.05, 0) is 52.3 Å². The van der Waals surface area contributed by atoms with Crippen LogP contribution in [0.5, 0.6) is 5.75 Å². The number of hydrogen-bond donors (Lipinski definition) is 2. The number of nitrogens with one attached hydrogen (secondary N) is 1. The molecule has 1 aromatic carbocycles. The third kappa shape index (κ3) is 6.99. The van der Waals surface area contributed by atoms with E-state index in [0.717, 1.165) is 12.0 Å². The van der Waals surface area contributed by atoms with Crippen molar-refractivity contribution in [3.8, 4) is 28.4 Å². The summed E-state index contributed by atoms with van der Waals surface area (Å²) in [5.41, 5.74) is 4.68. The van der Waals surface area contributed by atoms with Gasteiger partial charge in [-0.2, -0.15) is 5.10 Å². The van der Waals surface area contributed by atoms with Crippen molar-refractivity contribution in [2.45, 2.75) is 66.5 Å². The Hall–Kier alpha value is -3.17. The number of ether oxygens (including phenoxy) is 1. The number of aliphatic hydroxyl groups is 1. The summed E-state index contributed by atoms with van der Waals surface area (Å²) in [5.74, 6) is 0.791. The molecule has 0 amide bonds. The van der Waals surface area contributed by atoms with Gasteiger partial charge in [0.2, 0.25) is 0 Å². The van der Waals surface area contributed by atoms with Crippen LogP contribution in [-0.4, -0.2) is 49.7 Å². The third-order valence-corrected chi connectivity index (χ3v) is 6.06. The minimum atomic E-state index is -2.54. The first-order chi connectivity index (χ1) is 17.5. The predicted octanol–water partition coefficient (Wildman–Crippen LogP) is 6.61. The number of halogens is 3. The summed E-state index contributed by atoms with van der Waals surface area (Å²) in [4.78, 5) is 9.57. The Balaban J connectivity index is 2.18. The summed E-state index contributed by atoms with van der Waals surface area (Å²) in [5, 5.41) is 22.9. The molecule has 0 aliphatic carbocycles. The van der Waals surface area contributed by atoms with Gasteiger partial charge < -0.3 is 15.3 Å². The molecule has 37 heavy (non-hydrogen) atoms. The second-order valence-electron chi connectivity index (χ2n) is 9.11. The molecule has 2 N–H and O–H groups in total. The monoisotopic (exact) mass is 531 g/mol. The van der Waals surface area contributed by atoms with Gasteiger partial charge in [0.05, 0.1) is 28.7 Å². The number of nitrogens with zero attached hydrogens (tertiary/aromatic N) is 4. The SMILES string of the molecule is CCC[C@@H](O)COc1ccc(Cl)c(-c2nc(C(C(C)=N)=C(C)C)c(C)c(-c3cnn(CC(F)F)c3)n2)c1. The largest absolute Gasteiger partial charge is 0.491 e. The Labute approximate surface area is 220 Å². The second kappa shape index (κ2) is 12.4. The Morgan fingerprint density at radius 1 is 1.22 bits per heavy atom. The lowest BCUT2D eigenvalue weighted by Crippen LogP contribution is -2.17. The van der Waals surface area contributed by atoms with Gasteiger partial charge in [-0.3, -0.25) is 4.68 Å². The van der Waals surface area contributed by atoms with Crippen molar-refractivity contribution < 1.29 is 18.6 Å². The van der Waals surface area contributed by atoms with E-state index in [1.165, 1.54) is 17.1 Å². The zero-order valence-corrected chi connectivity index (χ0v) is 22.4. The number of hydrogen-bond acceptors (Lipinski definition) is 6. The molecular formula is C27H32ClF2N5O2. The number of allylic oxidation sites excluding steroid dienone is 2. The molecule has 3 aromatic rings. The standard InChI is InChI=1S/C27H32ClF2N5O2/c1-6-7-19(36)14-37-20-8-9-22(28)21(10-20)27-33-25(18-11-32-35(12-18)13-23(29)30)16(4)26(34-27)24(15(2)3)17(5)31/h8-12,19,23,31,36H,6-7,13-14H2,1-5H3/t19-/m1/s1. The highest BCUT2D eigenvalue weighted by Crippen LogP contribution is 2.35. The maximum absolute atomic E-state index is 12.9. The topological polar surface area (TPSA) is 96.9 Å². The molecule has 0 unspecified atom stereocenters. The summed E-state index contributed by atoms with van der Waals surface area (Å²) in [6, 6.07) is 5.09. The van der Waals surface area contributed by atoms with Crippen LogP contribution in [0.15, 0.2) is 36.2 Å². The number of aliphatic hydroxyl groups excluding tert-OH is 1. The van der Waals surface area contributed by atoms with Crippen molar-refractivity contribution in [1.82, 2.24) is 19.7 Å². The summed E-state index contributed by atoms with van der Waals surface area (Å²) < 4.78 is 32.8. The zero-order valence-electron chi connectivity index (χ0n) is 21.6. The number of alkyl halides is 2. The van der Waals surface area contributed by atoms with E-state index >= 15 is 0 Å². The Morgan fingerprint density at radius 3 is 2.57 bits per heavy atom. The molecule has 0 bridgehead atoms. The van der Waals surface area contributed by atoms with E-state index in [-0.39, 0.29) is 6.61 Å². The molecule has 0 fully saturated rings. The molecular weight excluding hydrogens is 500 g/mol. The van der Waals surface area contributed by atoms with Gasteiger partial charge in [0, 0.05) is 34.2 Å². The van der Waals surface area contributed by atoms with Crippen LogP contribution in [0.2, 0.25) is 5.02 Å². The molecule has 3 rings (SSSR count). The van der Waals surface area contributed by atoms with E-state index < -0.39 is 19.1 Å². The molecule has 0 saturated heterocycles. The van der Waals surface area contributed by atoms with Crippen LogP contribution < -0.4 is 4.74 Å². The lowest BCUT2D eigenvalue weighted by molar-refractivity contribution is 0.0994. The number of aromatic nitrogens is 4. The molecule has 0 aliphatic heterocycles. The first-order valence-corrected chi connectivity index (χ1v) is 12.4. The van der Waals surface area contributed by atoms with Gasteiger partial charge >= 0.3 is 0 Å². The molecule has 0 radical (unpaired) electrons. The van der Waals surface area contributed by atoms with E-state index in [1.807, 2.05) is 27.7 Å². The summed E-state index contributed by atoms with van der Waals surface area (Å²) in [6.45, 7) is 8.92. The predicted molar refractivity (Wildman–Crippen MR) is 143 cm³/mol. The number of benzene rings is 1. The highest BCUT2D eigenvalue weighted by atomic mass is 35.5. The normalized spacial score (nSPS) is 12.1. The van der Waals surface area contributed by atoms with Crippen molar-refractivity contribution in [3.05, 3.63) is 52.4 Å². The van der Waals surface area contributed by atoms with Crippen molar-refractivity contribution in [3.63, 3.8) is 0 Å². The average molecular weight is 532 g/mol. The van der Waals surface area contributed by atoms with Crippen molar-refractivity contribution in [1.29, 1.82) is 5.41 Å². The van der Waals surface area contributed by atoms with Crippen molar-refractivity contribution in [2.24, 2.45) is 0 Å². The van der Waals surface area contributed by atoms with Gasteiger partial charge in [0.1, 0.15) is 18.9 Å². The molecule has 0 aliphatic rings. The van der Waals surface area contributed by atoms with Crippen LogP contribution in [-0.2, 0) is 6.54 Å². The first-order valence-electron chi connectivity index (χ1n) is 12.1. The van der Waals surface area contributed by atoms with Crippen LogP contribution in [0.4, 0.5) is 8.78 Å². The molecule has 10 heteroatoms. The van der Waals surface area contributed by atoms with E-state index in [0.29, 0.717) is 62.4 Å². The van der Waals surface area contributed by atoms with Gasteiger partial charge in [-0.1, -0.05) is 30.5 Å². The van der Waals surface area contributed by atoms with Crippen LogP contribution in [0, 0.1) is 12.3 Å². The van der Waals surface area contributed by atoms with E-state index in [1.54, 1.807) is 25.1 Å².